The third-order valence-corrected chi connectivity index (χ3v) is 5.01. The highest BCUT2D eigenvalue weighted by molar-refractivity contribution is 6.35. The summed E-state index contributed by atoms with van der Waals surface area (Å²) in [5.41, 5.74) is 2.73. The summed E-state index contributed by atoms with van der Waals surface area (Å²) in [4.78, 5) is 0. The van der Waals surface area contributed by atoms with Crippen LogP contribution in [-0.4, -0.2) is 7.11 Å². The largest absolute Gasteiger partial charge is 0.497 e. The second-order valence-electron chi connectivity index (χ2n) is 6.10. The van der Waals surface area contributed by atoms with Crippen LogP contribution in [0.25, 0.3) is 11.6 Å². The van der Waals surface area contributed by atoms with Crippen LogP contribution in [0.15, 0.2) is 60.7 Å². The molecule has 0 aliphatic carbocycles. The molecule has 0 saturated carbocycles. The van der Waals surface area contributed by atoms with Gasteiger partial charge in [0.05, 0.1) is 18.8 Å². The second-order valence-corrected chi connectivity index (χ2v) is 7.38. The third-order valence-electron chi connectivity index (χ3n) is 4.19. The topological polar surface area (TPSA) is 42.2 Å². The molecule has 29 heavy (non-hydrogen) atoms. The van der Waals surface area contributed by atoms with Crippen LogP contribution in [0.3, 0.4) is 0 Å². The van der Waals surface area contributed by atoms with Gasteiger partial charge in [-0.25, -0.2) is 0 Å². The molecule has 3 rings (SSSR count). The van der Waals surface area contributed by atoms with Gasteiger partial charge >= 0.3 is 0 Å². The van der Waals surface area contributed by atoms with Crippen LogP contribution in [0.2, 0.25) is 15.1 Å². The number of halogens is 3. The van der Waals surface area contributed by atoms with Crippen LogP contribution in [0.5, 0.6) is 11.5 Å². The molecule has 0 N–H and O–H groups in total. The van der Waals surface area contributed by atoms with E-state index < -0.39 is 0 Å². The Bertz CT molecular complexity index is 1090. The first-order chi connectivity index (χ1) is 14.0. The fourth-order valence-electron chi connectivity index (χ4n) is 2.66. The van der Waals surface area contributed by atoms with E-state index in [4.69, 9.17) is 44.3 Å². The summed E-state index contributed by atoms with van der Waals surface area (Å²) in [7, 11) is 1.60. The average molecular weight is 445 g/mol. The second kappa shape index (κ2) is 9.71. The molecule has 3 aromatic rings. The van der Waals surface area contributed by atoms with E-state index in [1.807, 2.05) is 18.2 Å². The highest BCUT2D eigenvalue weighted by Crippen LogP contribution is 2.30. The van der Waals surface area contributed by atoms with E-state index in [1.165, 1.54) is 0 Å². The SMILES string of the molecule is COc1ccc(/C(C#N)=C/c2cc(Cl)ccc2OCc2ccc(Cl)cc2Cl)cc1. The lowest BCUT2D eigenvalue weighted by molar-refractivity contribution is 0.305. The van der Waals surface area contributed by atoms with Gasteiger partial charge in [-0.15, -0.1) is 0 Å². The number of methoxy groups -OCH3 is 1. The Morgan fingerprint density at radius 2 is 1.66 bits per heavy atom. The average Bonchev–Trinajstić information content (AvgIpc) is 2.72. The van der Waals surface area contributed by atoms with Crippen molar-refractivity contribution in [3.05, 3.63) is 92.4 Å². The molecular formula is C23H16Cl3NO2. The molecule has 0 spiro atoms. The molecule has 0 aromatic heterocycles. The van der Waals surface area contributed by atoms with Crippen molar-refractivity contribution in [3.8, 4) is 17.6 Å². The molecule has 146 valence electrons. The van der Waals surface area contributed by atoms with Crippen molar-refractivity contribution in [3.63, 3.8) is 0 Å². The lowest BCUT2D eigenvalue weighted by atomic mass is 10.0. The van der Waals surface area contributed by atoms with Crippen LogP contribution < -0.4 is 9.47 Å². The molecule has 0 saturated heterocycles. The molecular weight excluding hydrogens is 429 g/mol. The summed E-state index contributed by atoms with van der Waals surface area (Å²) < 4.78 is 11.1. The van der Waals surface area contributed by atoms with Crippen molar-refractivity contribution in [1.29, 1.82) is 5.26 Å². The molecule has 3 nitrogen and oxygen atoms in total. The number of allylic oxidation sites excluding steroid dienone is 1. The summed E-state index contributed by atoms with van der Waals surface area (Å²) in [6.07, 6.45) is 1.74. The van der Waals surface area contributed by atoms with Crippen LogP contribution in [0.1, 0.15) is 16.7 Å². The molecule has 3 aromatic carbocycles. The zero-order valence-electron chi connectivity index (χ0n) is 15.5. The van der Waals surface area contributed by atoms with Crippen molar-refractivity contribution in [2.24, 2.45) is 0 Å². The van der Waals surface area contributed by atoms with Crippen molar-refractivity contribution in [2.45, 2.75) is 6.61 Å². The van der Waals surface area contributed by atoms with Crippen LogP contribution in [0, 0.1) is 11.3 Å². The Morgan fingerprint density at radius 1 is 0.966 bits per heavy atom. The smallest absolute Gasteiger partial charge is 0.127 e. The first kappa shape index (κ1) is 21.1. The predicted molar refractivity (Wildman–Crippen MR) is 119 cm³/mol. The Labute approximate surface area is 184 Å². The van der Waals surface area contributed by atoms with E-state index in [1.54, 1.807) is 55.7 Å². The maximum absolute atomic E-state index is 9.64. The first-order valence-corrected chi connectivity index (χ1v) is 9.76. The van der Waals surface area contributed by atoms with Gasteiger partial charge in [-0.3, -0.25) is 0 Å². The van der Waals surface area contributed by atoms with Crippen LogP contribution in [0.4, 0.5) is 0 Å². The molecule has 0 radical (unpaired) electrons. The third kappa shape index (κ3) is 5.46. The van der Waals surface area contributed by atoms with E-state index in [2.05, 4.69) is 6.07 Å². The van der Waals surface area contributed by atoms with Gasteiger partial charge in [0.1, 0.15) is 18.1 Å². The van der Waals surface area contributed by atoms with Gasteiger partial charge in [0.15, 0.2) is 0 Å². The highest BCUT2D eigenvalue weighted by atomic mass is 35.5. The van der Waals surface area contributed by atoms with Gasteiger partial charge in [0, 0.05) is 26.2 Å². The molecule has 0 unspecified atom stereocenters. The van der Waals surface area contributed by atoms with Gasteiger partial charge < -0.3 is 9.47 Å². The number of nitrogens with zero attached hydrogens (tertiary/aromatic N) is 1. The van der Waals surface area contributed by atoms with Crippen molar-refractivity contribution >= 4 is 46.5 Å². The highest BCUT2D eigenvalue weighted by Gasteiger charge is 2.09. The van der Waals surface area contributed by atoms with E-state index in [9.17, 15) is 5.26 Å². The standard InChI is InChI=1S/C23H16Cl3NO2/c1-28-21-7-3-15(4-8-21)18(13-27)10-17-11-19(24)6-9-23(17)29-14-16-2-5-20(25)12-22(16)26/h2-12H,14H2,1H3/b18-10+. The van der Waals surface area contributed by atoms with Gasteiger partial charge in [-0.2, -0.15) is 5.26 Å². The van der Waals surface area contributed by atoms with Crippen molar-refractivity contribution in [2.75, 3.05) is 7.11 Å². The number of hydrogen-bond donors (Lipinski definition) is 0. The molecule has 0 aliphatic heterocycles. The summed E-state index contributed by atoms with van der Waals surface area (Å²) in [5, 5.41) is 11.3. The molecule has 0 fully saturated rings. The Hall–Kier alpha value is -2.64. The minimum atomic E-state index is 0.253. The summed E-state index contributed by atoms with van der Waals surface area (Å²) in [6, 6.07) is 20.0. The molecule has 0 amide bonds. The lowest BCUT2D eigenvalue weighted by Crippen LogP contribution is -1.98. The Morgan fingerprint density at radius 3 is 2.31 bits per heavy atom. The molecule has 0 atom stereocenters. The fourth-order valence-corrected chi connectivity index (χ4v) is 3.31. The molecule has 6 heteroatoms. The summed E-state index contributed by atoms with van der Waals surface area (Å²) in [5.74, 6) is 1.30. The number of nitriles is 1. The Kier molecular flexibility index (Phi) is 7.06. The fraction of sp³-hybridized carbons (Fsp3) is 0.0870. The molecule has 0 heterocycles. The first-order valence-electron chi connectivity index (χ1n) is 8.62. The van der Waals surface area contributed by atoms with Gasteiger partial charge in [0.2, 0.25) is 0 Å². The zero-order chi connectivity index (χ0) is 20.8. The minimum Gasteiger partial charge on any atom is -0.497 e. The maximum atomic E-state index is 9.64. The summed E-state index contributed by atoms with van der Waals surface area (Å²) >= 11 is 18.3. The summed E-state index contributed by atoms with van der Waals surface area (Å²) in [6.45, 7) is 0.253. The monoisotopic (exact) mass is 443 g/mol. The number of ether oxygens (including phenoxy) is 2. The Balaban J connectivity index is 1.90. The van der Waals surface area contributed by atoms with Gasteiger partial charge in [0.25, 0.3) is 0 Å². The van der Waals surface area contributed by atoms with E-state index >= 15 is 0 Å². The minimum absolute atomic E-state index is 0.253. The normalized spacial score (nSPS) is 11.1. The molecule has 0 aliphatic rings. The van der Waals surface area contributed by atoms with E-state index in [0.29, 0.717) is 32.0 Å². The number of benzene rings is 3. The maximum Gasteiger partial charge on any atom is 0.127 e. The van der Waals surface area contributed by atoms with Gasteiger partial charge in [-0.1, -0.05) is 40.9 Å². The van der Waals surface area contributed by atoms with Crippen LogP contribution >= 0.6 is 34.8 Å². The number of rotatable bonds is 6. The van der Waals surface area contributed by atoms with E-state index in [0.717, 1.165) is 16.9 Å². The van der Waals surface area contributed by atoms with Gasteiger partial charge in [-0.05, 0) is 66.2 Å². The van der Waals surface area contributed by atoms with E-state index in [-0.39, 0.29) is 6.61 Å². The van der Waals surface area contributed by atoms with Crippen molar-refractivity contribution < 1.29 is 9.47 Å². The van der Waals surface area contributed by atoms with Crippen LogP contribution in [-0.2, 0) is 6.61 Å². The number of hydrogen-bond acceptors (Lipinski definition) is 3. The predicted octanol–water partition coefficient (Wildman–Crippen LogP) is 7.30. The molecule has 0 bridgehead atoms. The van der Waals surface area contributed by atoms with Crippen molar-refractivity contribution in [1.82, 2.24) is 0 Å². The quantitative estimate of drug-likeness (QED) is 0.296. The zero-order valence-corrected chi connectivity index (χ0v) is 17.7. The lowest BCUT2D eigenvalue weighted by Gasteiger charge is -2.12.